The number of amides is 4. The van der Waals surface area contributed by atoms with E-state index < -0.39 is 23.6 Å². The van der Waals surface area contributed by atoms with Gasteiger partial charge in [0, 0.05) is 22.3 Å². The molecule has 6 nitrogen and oxygen atoms in total. The zero-order valence-corrected chi connectivity index (χ0v) is 34.0. The van der Waals surface area contributed by atoms with E-state index >= 15 is 0 Å². The molecule has 0 fully saturated rings. The molecule has 7 aromatic rings. The molecule has 0 atom stereocenters. The van der Waals surface area contributed by atoms with Crippen LogP contribution in [-0.2, 0) is 0 Å². The van der Waals surface area contributed by atoms with E-state index in [0.29, 0.717) is 39.2 Å². The Kier molecular flexibility index (Phi) is 12.3. The highest BCUT2D eigenvalue weighted by molar-refractivity contribution is 6.25. The first kappa shape index (κ1) is 40.5. The number of benzene rings is 7. The molecule has 6 heteroatoms. The molecule has 0 aliphatic rings. The third-order valence-corrected chi connectivity index (χ3v) is 10.2. The van der Waals surface area contributed by atoms with Crippen molar-refractivity contribution in [3.63, 3.8) is 0 Å². The molecule has 7 aromatic carbocycles. The fourth-order valence-electron chi connectivity index (χ4n) is 6.61. The average molecular weight is 785 g/mol. The summed E-state index contributed by atoms with van der Waals surface area (Å²) in [5.74, 6) is -1.70. The number of hydrogen-bond donors (Lipinski definition) is 0. The second kappa shape index (κ2) is 18.3. The molecule has 7 rings (SSSR count). The molecule has 0 N–H and O–H groups in total. The summed E-state index contributed by atoms with van der Waals surface area (Å²) in [6.45, 7) is 7.80. The number of aryl methyl sites for hydroxylation is 4. The van der Waals surface area contributed by atoms with Gasteiger partial charge >= 0.3 is 0 Å². The standard InChI is InChI=1S/C54H44N2O4/c1-37-10-24-45(25-11-37)51(57)55(52(58)46-26-12-38(2)13-27-46)49-34-22-42(23-35-49)19-18-41-20-32-44(33-21-41)50(36-43-8-6-5-7-9-43)56(53(59)47-28-14-39(3)15-29-47)54(60)48-30-16-40(4)17-31-48/h5-36H,1-4H3. The Morgan fingerprint density at radius 2 is 0.683 bits per heavy atom. The van der Waals surface area contributed by atoms with Crippen molar-refractivity contribution in [2.24, 2.45) is 0 Å². The van der Waals surface area contributed by atoms with Crippen LogP contribution >= 0.6 is 0 Å². The molecule has 0 aliphatic heterocycles. The van der Waals surface area contributed by atoms with Crippen LogP contribution in [0, 0.1) is 27.7 Å². The highest BCUT2D eigenvalue weighted by atomic mass is 16.2. The highest BCUT2D eigenvalue weighted by Gasteiger charge is 2.29. The van der Waals surface area contributed by atoms with Crippen molar-refractivity contribution in [3.05, 3.63) is 243 Å². The molecule has 4 amide bonds. The normalized spacial score (nSPS) is 11.3. The van der Waals surface area contributed by atoms with Gasteiger partial charge in [0.2, 0.25) is 0 Å². The Morgan fingerprint density at radius 1 is 0.350 bits per heavy atom. The molecule has 0 aromatic heterocycles. The van der Waals surface area contributed by atoms with Gasteiger partial charge in [-0.05, 0) is 117 Å². The zero-order valence-electron chi connectivity index (χ0n) is 34.0. The molecule has 0 aliphatic carbocycles. The monoisotopic (exact) mass is 784 g/mol. The number of rotatable bonds is 10. The highest BCUT2D eigenvalue weighted by Crippen LogP contribution is 2.29. The molecule has 0 saturated carbocycles. The predicted molar refractivity (Wildman–Crippen MR) is 242 cm³/mol. The van der Waals surface area contributed by atoms with E-state index in [1.54, 1.807) is 60.7 Å². The lowest BCUT2D eigenvalue weighted by Gasteiger charge is -2.25. The zero-order chi connectivity index (χ0) is 42.2. The first-order valence-electron chi connectivity index (χ1n) is 19.7. The third kappa shape index (κ3) is 9.52. The summed E-state index contributed by atoms with van der Waals surface area (Å²) in [7, 11) is 0. The van der Waals surface area contributed by atoms with Crippen LogP contribution in [0.15, 0.2) is 176 Å². The van der Waals surface area contributed by atoms with Gasteiger partial charge in [-0.15, -0.1) is 0 Å². The van der Waals surface area contributed by atoms with Crippen LogP contribution in [-0.4, -0.2) is 28.5 Å². The maximum Gasteiger partial charge on any atom is 0.265 e. The van der Waals surface area contributed by atoms with Gasteiger partial charge in [-0.3, -0.25) is 19.2 Å². The molecule has 0 spiro atoms. The summed E-state index contributed by atoms with van der Waals surface area (Å²) in [6, 6.07) is 53.4. The van der Waals surface area contributed by atoms with Crippen molar-refractivity contribution in [2.45, 2.75) is 27.7 Å². The van der Waals surface area contributed by atoms with Crippen LogP contribution < -0.4 is 4.90 Å². The molecule has 0 radical (unpaired) electrons. The summed E-state index contributed by atoms with van der Waals surface area (Å²) >= 11 is 0. The van der Waals surface area contributed by atoms with Crippen LogP contribution in [0.2, 0.25) is 0 Å². The number of imide groups is 2. The Morgan fingerprint density at radius 3 is 1.07 bits per heavy atom. The minimum absolute atomic E-state index is 0.396. The van der Waals surface area contributed by atoms with Gasteiger partial charge in [0.25, 0.3) is 23.6 Å². The van der Waals surface area contributed by atoms with Crippen LogP contribution in [0.3, 0.4) is 0 Å². The van der Waals surface area contributed by atoms with Crippen molar-refractivity contribution in [2.75, 3.05) is 4.90 Å². The van der Waals surface area contributed by atoms with Crippen molar-refractivity contribution in [1.82, 2.24) is 4.90 Å². The number of carbonyl (C=O) groups excluding carboxylic acids is 4. The molecular weight excluding hydrogens is 741 g/mol. The van der Waals surface area contributed by atoms with Gasteiger partial charge in [-0.1, -0.05) is 150 Å². The fourth-order valence-corrected chi connectivity index (χ4v) is 6.61. The van der Waals surface area contributed by atoms with E-state index in [1.807, 2.05) is 161 Å². The van der Waals surface area contributed by atoms with E-state index in [9.17, 15) is 19.2 Å². The van der Waals surface area contributed by atoms with Gasteiger partial charge in [0.15, 0.2) is 0 Å². The molecule has 0 saturated heterocycles. The van der Waals surface area contributed by atoms with E-state index in [4.69, 9.17) is 0 Å². The van der Waals surface area contributed by atoms with Crippen molar-refractivity contribution in [1.29, 1.82) is 0 Å². The van der Waals surface area contributed by atoms with Crippen LogP contribution in [0.5, 0.6) is 0 Å². The maximum atomic E-state index is 14.4. The number of anilines is 1. The van der Waals surface area contributed by atoms with Crippen LogP contribution in [0.25, 0.3) is 23.9 Å². The van der Waals surface area contributed by atoms with Gasteiger partial charge in [-0.2, -0.15) is 0 Å². The molecule has 60 heavy (non-hydrogen) atoms. The van der Waals surface area contributed by atoms with Crippen LogP contribution in [0.4, 0.5) is 5.69 Å². The van der Waals surface area contributed by atoms with Gasteiger partial charge in [0.05, 0.1) is 11.4 Å². The predicted octanol–water partition coefficient (Wildman–Crippen LogP) is 12.1. The summed E-state index contributed by atoms with van der Waals surface area (Å²) in [6.07, 6.45) is 5.77. The van der Waals surface area contributed by atoms with E-state index in [-0.39, 0.29) is 0 Å². The van der Waals surface area contributed by atoms with Crippen LogP contribution in [0.1, 0.15) is 85.9 Å². The molecule has 0 bridgehead atoms. The topological polar surface area (TPSA) is 74.8 Å². The number of nitrogens with zero attached hydrogens (tertiary/aromatic N) is 2. The number of carbonyl (C=O) groups is 4. The molecule has 0 heterocycles. The van der Waals surface area contributed by atoms with Gasteiger partial charge < -0.3 is 0 Å². The summed E-state index contributed by atoms with van der Waals surface area (Å²) in [5, 5.41) is 0. The smallest absolute Gasteiger partial charge is 0.265 e. The van der Waals surface area contributed by atoms with Crippen molar-refractivity contribution < 1.29 is 19.2 Å². The second-order valence-corrected chi connectivity index (χ2v) is 14.8. The third-order valence-electron chi connectivity index (χ3n) is 10.2. The summed E-state index contributed by atoms with van der Waals surface area (Å²) in [4.78, 5) is 59.0. The maximum absolute atomic E-state index is 14.4. The Labute approximate surface area is 351 Å². The average Bonchev–Trinajstić information content (AvgIpc) is 3.27. The molecule has 0 unspecified atom stereocenters. The van der Waals surface area contributed by atoms with E-state index in [1.165, 1.54) is 9.80 Å². The first-order chi connectivity index (χ1) is 29.0. The van der Waals surface area contributed by atoms with E-state index in [2.05, 4.69) is 0 Å². The van der Waals surface area contributed by atoms with Crippen molar-refractivity contribution in [3.8, 4) is 0 Å². The minimum Gasteiger partial charge on any atom is -0.268 e. The van der Waals surface area contributed by atoms with E-state index in [0.717, 1.165) is 38.9 Å². The Hall–Kier alpha value is -7.70. The quantitative estimate of drug-likeness (QED) is 0.102. The lowest BCUT2D eigenvalue weighted by Crippen LogP contribution is -2.37. The molecule has 294 valence electrons. The Bertz CT molecular complexity index is 2580. The van der Waals surface area contributed by atoms with Gasteiger partial charge in [-0.25, -0.2) is 9.80 Å². The minimum atomic E-state index is -0.435. The van der Waals surface area contributed by atoms with Gasteiger partial charge in [0.1, 0.15) is 0 Å². The number of hydrogen-bond acceptors (Lipinski definition) is 4. The lowest BCUT2D eigenvalue weighted by molar-refractivity contribution is 0.0699. The Balaban J connectivity index is 1.19. The SMILES string of the molecule is Cc1ccc(C(=O)N(C(=O)c2ccc(C)cc2)C(=Cc2ccccc2)c2ccc(C=Cc3ccc(N(C(=O)c4ccc(C)cc4)C(=O)c4ccc(C)cc4)cc3)cc2)cc1. The largest absolute Gasteiger partial charge is 0.268 e. The second-order valence-electron chi connectivity index (χ2n) is 14.8. The molecular formula is C54H44N2O4. The summed E-state index contributed by atoms with van der Waals surface area (Å²) in [5.41, 5.74) is 9.81. The summed E-state index contributed by atoms with van der Waals surface area (Å²) < 4.78 is 0. The fraction of sp³-hybridized carbons (Fsp3) is 0.0741. The van der Waals surface area contributed by atoms with Crippen molar-refractivity contribution >= 4 is 53.2 Å². The first-order valence-corrected chi connectivity index (χ1v) is 19.7. The lowest BCUT2D eigenvalue weighted by atomic mass is 10.0.